The van der Waals surface area contributed by atoms with Crippen LogP contribution in [0.15, 0.2) is 297 Å². The molecule has 0 bridgehead atoms. The van der Waals surface area contributed by atoms with Gasteiger partial charge in [0, 0.05) is 70.8 Å². The zero-order chi connectivity index (χ0) is 66.1. The average Bonchev–Trinajstić information content (AvgIpc) is 1.67. The fourth-order valence-electron chi connectivity index (χ4n) is 12.3. The summed E-state index contributed by atoms with van der Waals surface area (Å²) in [5, 5.41) is 0. The number of aromatic nitrogens is 1. The average molecular weight is 1330 g/mol. The number of aryl methyl sites for hydroxylation is 1. The molecule has 1 aromatic heterocycles. The Morgan fingerprint density at radius 1 is 0.438 bits per heavy atom. The van der Waals surface area contributed by atoms with Gasteiger partial charge in [-0.25, -0.2) is 4.98 Å². The van der Waals surface area contributed by atoms with E-state index in [9.17, 15) is 2.74 Å². The normalized spacial score (nSPS) is 13.7. The summed E-state index contributed by atoms with van der Waals surface area (Å²) in [6.07, 6.45) is 1.56. The van der Waals surface area contributed by atoms with Crippen LogP contribution < -0.4 is 19.6 Å². The maximum Gasteiger partial charge on any atom is 0.135 e. The van der Waals surface area contributed by atoms with Gasteiger partial charge in [0.25, 0.3) is 0 Å². The molecule has 432 valence electrons. The largest absolute Gasteiger partial charge is 0.493 e. The number of nitrogens with zero attached hydrogens (tertiary/aromatic N) is 5. The summed E-state index contributed by atoms with van der Waals surface area (Å²) in [5.41, 5.74) is 19.3. The molecule has 0 amide bonds. The van der Waals surface area contributed by atoms with Gasteiger partial charge >= 0.3 is 0 Å². The molecule has 0 radical (unpaired) electrons. The van der Waals surface area contributed by atoms with E-state index in [-0.39, 0.29) is 49.7 Å². The van der Waals surface area contributed by atoms with Gasteiger partial charge in [0.15, 0.2) is 0 Å². The van der Waals surface area contributed by atoms with E-state index in [0.717, 1.165) is 95.1 Å². The molecule has 6 heteroatoms. The maximum atomic E-state index is 9.51. The minimum atomic E-state index is -2.42. The Balaban J connectivity index is 0.00000807. The maximum absolute atomic E-state index is 9.51. The van der Waals surface area contributed by atoms with Gasteiger partial charge in [0.2, 0.25) is 0 Å². The molecule has 2 aliphatic rings. The van der Waals surface area contributed by atoms with Crippen molar-refractivity contribution >= 4 is 57.0 Å². The molecule has 3 heterocycles. The van der Waals surface area contributed by atoms with Crippen LogP contribution in [0.2, 0.25) is 0 Å². The van der Waals surface area contributed by atoms with Crippen LogP contribution in [0.1, 0.15) is 42.9 Å². The second-order valence-corrected chi connectivity index (χ2v) is 23.1. The van der Waals surface area contributed by atoms with E-state index in [1.54, 1.807) is 18.3 Å². The molecule has 0 spiro atoms. The molecule has 15 rings (SSSR count). The summed E-state index contributed by atoms with van der Waals surface area (Å²) < 4.78 is 71.5. The number of rotatable bonds is 11. The zero-order valence-electron chi connectivity index (χ0n) is 57.0. The third kappa shape index (κ3) is 10.7. The van der Waals surface area contributed by atoms with Crippen molar-refractivity contribution in [3.63, 3.8) is 0 Å². The monoisotopic (exact) mass is 1330 g/mol. The van der Waals surface area contributed by atoms with Gasteiger partial charge in [0.1, 0.15) is 5.82 Å². The number of fused-ring (bicyclic) bond motifs is 6. The molecule has 0 unspecified atom stereocenters. The van der Waals surface area contributed by atoms with E-state index in [1.165, 1.54) is 0 Å². The van der Waals surface area contributed by atoms with Gasteiger partial charge in [0.05, 0.1) is 12.5 Å². The molecule has 0 N–H and O–H groups in total. The predicted molar refractivity (Wildman–Crippen MR) is 368 cm³/mol. The first-order valence-electron chi connectivity index (χ1n) is 33.5. The molecule has 0 saturated carbocycles. The van der Waals surface area contributed by atoms with E-state index in [0.29, 0.717) is 39.8 Å². The smallest absolute Gasteiger partial charge is 0.135 e. The van der Waals surface area contributed by atoms with Crippen LogP contribution in [0, 0.1) is 25.7 Å². The number of pyridine rings is 1. The van der Waals surface area contributed by atoms with Crippen LogP contribution in [-0.2, 0) is 26.5 Å². The molecular weight excluding hydrogens is 1260 g/mol. The molecule has 0 fully saturated rings. The number of benzene rings is 12. The van der Waals surface area contributed by atoms with E-state index in [2.05, 4.69) is 181 Å². The van der Waals surface area contributed by atoms with Gasteiger partial charge in [-0.2, -0.15) is 6.07 Å². The van der Waals surface area contributed by atoms with Gasteiger partial charge in [-0.3, -0.25) is 0 Å². The summed E-state index contributed by atoms with van der Waals surface area (Å²) in [5.74, 6) is 0.411. The Morgan fingerprint density at radius 3 is 1.70 bits per heavy atom. The third-order valence-electron chi connectivity index (χ3n) is 16.6. The fraction of sp³-hybridized carbons (Fsp3) is 0.0602. The van der Waals surface area contributed by atoms with Crippen LogP contribution in [0.4, 0.5) is 57.0 Å². The fourth-order valence-corrected chi connectivity index (χ4v) is 12.3. The zero-order valence-corrected chi connectivity index (χ0v) is 51.3. The van der Waals surface area contributed by atoms with Crippen LogP contribution in [0.3, 0.4) is 0 Å². The van der Waals surface area contributed by atoms with Gasteiger partial charge in [-0.1, -0.05) is 256 Å². The van der Waals surface area contributed by atoms with Gasteiger partial charge in [-0.15, -0.1) is 53.8 Å². The first kappa shape index (κ1) is 47.8. The van der Waals surface area contributed by atoms with E-state index in [1.807, 2.05) is 127 Å². The summed E-state index contributed by atoms with van der Waals surface area (Å²) >= 11 is 0. The van der Waals surface area contributed by atoms with E-state index in [4.69, 9.17) is 13.2 Å². The molecule has 2 aliphatic heterocycles. The Morgan fingerprint density at radius 2 is 1.02 bits per heavy atom. The molecule has 12 aromatic carbocycles. The van der Waals surface area contributed by atoms with Crippen LogP contribution in [0.25, 0.3) is 77.9 Å². The Bertz CT molecular complexity index is 5130. The van der Waals surface area contributed by atoms with Crippen LogP contribution in [-0.4, -0.2) is 4.98 Å². The number of hydrogen-bond donors (Lipinski definition) is 0. The van der Waals surface area contributed by atoms with Crippen LogP contribution in [0.5, 0.6) is 0 Å². The molecule has 0 saturated heterocycles. The van der Waals surface area contributed by atoms with E-state index < -0.39 is 25.0 Å². The van der Waals surface area contributed by atoms with E-state index >= 15 is 0 Å². The predicted octanol–water partition coefficient (Wildman–Crippen LogP) is 22.6. The first-order valence-corrected chi connectivity index (χ1v) is 29.5. The van der Waals surface area contributed by atoms with Gasteiger partial charge < -0.3 is 19.6 Å². The second-order valence-electron chi connectivity index (χ2n) is 23.1. The van der Waals surface area contributed by atoms with Crippen molar-refractivity contribution in [2.75, 3.05) is 19.6 Å². The number of para-hydroxylation sites is 4. The summed E-state index contributed by atoms with van der Waals surface area (Å²) in [6, 6.07) is 93.8. The summed E-state index contributed by atoms with van der Waals surface area (Å²) in [7, 11) is 0. The van der Waals surface area contributed by atoms with Crippen molar-refractivity contribution in [2.45, 2.75) is 33.0 Å². The first-order chi connectivity index (χ1) is 46.5. The van der Waals surface area contributed by atoms with Crippen molar-refractivity contribution < 1.29 is 32.0 Å². The molecular formula is C83H62N5Pt-3. The summed E-state index contributed by atoms with van der Waals surface area (Å²) in [4.78, 5) is 13.4. The van der Waals surface area contributed by atoms with Crippen molar-refractivity contribution in [3.8, 4) is 77.9 Å². The second kappa shape index (κ2) is 23.7. The van der Waals surface area contributed by atoms with Crippen molar-refractivity contribution in [1.82, 2.24) is 4.98 Å². The minimum absolute atomic E-state index is 0. The van der Waals surface area contributed by atoms with Crippen molar-refractivity contribution in [3.05, 3.63) is 327 Å². The SMILES string of the molecule is [2H]c1c([2H])c([2H])c(-c2cccc(-c3cc(-c4ccccc4)cc(C(C)(C)C)c3)c2N2[CH-]N(c3[c-]c(N(c4[c-]c5c(cc4)-c4ccccc4-c4cc(-c6ccccc6)ccc4N5c4cc(C([2H])([2H])[2H])ccn4)c4ccccc4)cc(-c4ccccc4)c3)c3ccccc32)c([2H])c1[2H].[Pt]. The third-order valence-corrected chi connectivity index (χ3v) is 16.6. The minimum Gasteiger partial charge on any atom is -0.493 e. The van der Waals surface area contributed by atoms with Crippen molar-refractivity contribution in [1.29, 1.82) is 0 Å². The topological polar surface area (TPSA) is 25.9 Å². The Kier molecular flexibility index (Phi) is 12.7. The van der Waals surface area contributed by atoms with Gasteiger partial charge in [-0.05, 0) is 122 Å². The quantitative estimate of drug-likeness (QED) is 0.120. The standard InChI is InChI=1S/C83H62N5.Pt/c1-57-45-46-84-81(47-57)88-77-44-41-62(58-25-10-5-11-26-58)53-76(77)74-36-21-20-35-73(74)75-43-42-68(55-80(75)88)87(67-33-18-9-19-34-67)70-52-64(60-29-14-7-15-30-60)51-69(54-70)85-56-86(79-40-23-22-39-78(79)85)82-71(61-31-16-8-17-32-61)37-24-38-72(82)65-48-63(59-27-12-6-13-28-59)49-66(50-65)83(2,3)4;/h5-53,56H,1-4H3;/q-3;/i1D3,8D,16D,17D,31D,32D;. The molecule has 0 aliphatic carbocycles. The van der Waals surface area contributed by atoms with Crippen LogP contribution >= 0.6 is 0 Å². The van der Waals surface area contributed by atoms with Crippen molar-refractivity contribution in [2.24, 2.45) is 0 Å². The molecule has 89 heavy (non-hydrogen) atoms. The molecule has 0 atom stereocenters. The molecule has 5 nitrogen and oxygen atoms in total. The number of hydrogen-bond acceptors (Lipinski definition) is 5. The Labute approximate surface area is 548 Å². The number of anilines is 10. The molecule has 13 aromatic rings. The summed E-state index contributed by atoms with van der Waals surface area (Å²) in [6.45, 7) is 6.19. The Hall–Kier alpha value is -10.3.